The second-order valence-corrected chi connectivity index (χ2v) is 8.66. The van der Waals surface area contributed by atoms with Crippen LogP contribution in [0.2, 0.25) is 0 Å². The van der Waals surface area contributed by atoms with Crippen molar-refractivity contribution < 1.29 is 9.18 Å². The Morgan fingerprint density at radius 1 is 1.19 bits per heavy atom. The molecule has 1 aromatic heterocycles. The lowest BCUT2D eigenvalue weighted by molar-refractivity contribution is -0.121. The minimum atomic E-state index is -0.147. The molecule has 0 spiro atoms. The minimum absolute atomic E-state index is 0.147. The van der Waals surface area contributed by atoms with E-state index in [1.54, 1.807) is 23.5 Å². The van der Waals surface area contributed by atoms with Crippen molar-refractivity contribution in [2.75, 3.05) is 19.6 Å². The first kappa shape index (κ1) is 17.9. The quantitative estimate of drug-likeness (QED) is 0.843. The van der Waals surface area contributed by atoms with Gasteiger partial charge < -0.3 is 10.2 Å². The molecule has 2 aliphatic rings. The molecule has 0 bridgehead atoms. The van der Waals surface area contributed by atoms with Gasteiger partial charge in [0.25, 0.3) is 0 Å². The standard InChI is InChI=1S/C21H27FN2OS/c22-16-5-6-18-19(14-26-20(18)13-16)15-7-10-24(11-8-15)12-9-17-3-1-2-4-21(25)23-17/h5-6,13-15,17H,1-4,7-12H2,(H,23,25). The van der Waals surface area contributed by atoms with Crippen LogP contribution >= 0.6 is 11.3 Å². The highest BCUT2D eigenvalue weighted by Gasteiger charge is 2.24. The number of piperidine rings is 1. The molecule has 3 nitrogen and oxygen atoms in total. The lowest BCUT2D eigenvalue weighted by Gasteiger charge is -2.33. The van der Waals surface area contributed by atoms with Gasteiger partial charge >= 0.3 is 0 Å². The van der Waals surface area contributed by atoms with Crippen molar-refractivity contribution in [3.63, 3.8) is 0 Å². The molecule has 3 heterocycles. The van der Waals surface area contributed by atoms with Gasteiger partial charge in [-0.05, 0) is 79.6 Å². The van der Waals surface area contributed by atoms with Gasteiger partial charge in [0.15, 0.2) is 0 Å². The first-order valence-electron chi connectivity index (χ1n) is 9.87. The van der Waals surface area contributed by atoms with Gasteiger partial charge in [-0.2, -0.15) is 0 Å². The van der Waals surface area contributed by atoms with Crippen LogP contribution in [0.3, 0.4) is 0 Å². The van der Waals surface area contributed by atoms with E-state index in [2.05, 4.69) is 15.6 Å². The van der Waals surface area contributed by atoms with Gasteiger partial charge in [0, 0.05) is 23.7 Å². The average Bonchev–Trinajstić information content (AvgIpc) is 2.94. The zero-order valence-electron chi connectivity index (χ0n) is 15.2. The van der Waals surface area contributed by atoms with Crippen LogP contribution in [0.4, 0.5) is 4.39 Å². The summed E-state index contributed by atoms with van der Waals surface area (Å²) >= 11 is 1.66. The second-order valence-electron chi connectivity index (χ2n) is 7.75. The number of amides is 1. The van der Waals surface area contributed by atoms with Crippen molar-refractivity contribution in [1.82, 2.24) is 10.2 Å². The zero-order valence-corrected chi connectivity index (χ0v) is 16.0. The number of nitrogens with zero attached hydrogens (tertiary/aromatic N) is 1. The molecule has 2 aliphatic heterocycles. The molecule has 2 saturated heterocycles. The van der Waals surface area contributed by atoms with Crippen LogP contribution in [-0.2, 0) is 4.79 Å². The first-order chi connectivity index (χ1) is 12.7. The smallest absolute Gasteiger partial charge is 0.220 e. The molecule has 1 unspecified atom stereocenters. The number of likely N-dealkylation sites (tertiary alicyclic amines) is 1. The summed E-state index contributed by atoms with van der Waals surface area (Å²) in [5.41, 5.74) is 1.40. The van der Waals surface area contributed by atoms with Crippen molar-refractivity contribution >= 4 is 27.3 Å². The van der Waals surface area contributed by atoms with Gasteiger partial charge in [-0.1, -0.05) is 12.5 Å². The summed E-state index contributed by atoms with van der Waals surface area (Å²) in [5.74, 6) is 0.668. The Morgan fingerprint density at radius 3 is 2.88 bits per heavy atom. The van der Waals surface area contributed by atoms with E-state index < -0.39 is 0 Å². The molecule has 0 radical (unpaired) electrons. The van der Waals surface area contributed by atoms with E-state index in [-0.39, 0.29) is 11.7 Å². The molecule has 1 amide bonds. The van der Waals surface area contributed by atoms with E-state index in [4.69, 9.17) is 0 Å². The summed E-state index contributed by atoms with van der Waals surface area (Å²) in [5, 5.41) is 6.64. The highest BCUT2D eigenvalue weighted by atomic mass is 32.1. The van der Waals surface area contributed by atoms with Crippen LogP contribution in [-0.4, -0.2) is 36.5 Å². The van der Waals surface area contributed by atoms with E-state index in [0.29, 0.717) is 18.4 Å². The van der Waals surface area contributed by atoms with E-state index >= 15 is 0 Å². The van der Waals surface area contributed by atoms with Crippen LogP contribution in [0.15, 0.2) is 23.6 Å². The van der Waals surface area contributed by atoms with Gasteiger partial charge in [0.1, 0.15) is 5.82 Å². The maximum Gasteiger partial charge on any atom is 0.220 e. The fraction of sp³-hybridized carbons (Fsp3) is 0.571. The summed E-state index contributed by atoms with van der Waals surface area (Å²) in [4.78, 5) is 14.2. The molecule has 4 rings (SSSR count). The minimum Gasteiger partial charge on any atom is -0.353 e. The fourth-order valence-electron chi connectivity index (χ4n) is 4.41. The first-order valence-corrected chi connectivity index (χ1v) is 10.8. The van der Waals surface area contributed by atoms with Crippen LogP contribution < -0.4 is 5.32 Å². The number of carbonyl (C=O) groups is 1. The molecular formula is C21H27FN2OS. The number of hydrogen-bond acceptors (Lipinski definition) is 3. The van der Waals surface area contributed by atoms with Crippen LogP contribution in [0.1, 0.15) is 56.4 Å². The van der Waals surface area contributed by atoms with Gasteiger partial charge in [-0.15, -0.1) is 11.3 Å². The zero-order chi connectivity index (χ0) is 17.9. The van der Waals surface area contributed by atoms with Crippen LogP contribution in [0.25, 0.3) is 10.1 Å². The predicted molar refractivity (Wildman–Crippen MR) is 105 cm³/mol. The Balaban J connectivity index is 1.30. The topological polar surface area (TPSA) is 32.3 Å². The Labute approximate surface area is 158 Å². The van der Waals surface area contributed by atoms with Gasteiger partial charge in [0.05, 0.1) is 0 Å². The highest BCUT2D eigenvalue weighted by molar-refractivity contribution is 7.17. The molecule has 1 aromatic carbocycles. The SMILES string of the molecule is O=C1CCCCC(CCN2CCC(c3csc4cc(F)ccc34)CC2)N1. The Hall–Kier alpha value is -1.46. The molecule has 2 fully saturated rings. The number of hydrogen-bond donors (Lipinski definition) is 1. The van der Waals surface area contributed by atoms with Crippen molar-refractivity contribution in [3.8, 4) is 0 Å². The molecule has 1 atom stereocenters. The molecule has 2 aromatic rings. The van der Waals surface area contributed by atoms with Crippen molar-refractivity contribution in [3.05, 3.63) is 35.0 Å². The van der Waals surface area contributed by atoms with Gasteiger partial charge in [-0.25, -0.2) is 4.39 Å². The molecule has 140 valence electrons. The number of thiophene rings is 1. The molecule has 26 heavy (non-hydrogen) atoms. The monoisotopic (exact) mass is 374 g/mol. The molecular weight excluding hydrogens is 347 g/mol. The van der Waals surface area contributed by atoms with E-state index in [1.807, 2.05) is 6.07 Å². The molecule has 5 heteroatoms. The fourth-order valence-corrected chi connectivity index (χ4v) is 5.48. The lowest BCUT2D eigenvalue weighted by atomic mass is 9.89. The van der Waals surface area contributed by atoms with Gasteiger partial charge in [0.2, 0.25) is 5.91 Å². The third-order valence-electron chi connectivity index (χ3n) is 5.96. The number of benzene rings is 1. The van der Waals surface area contributed by atoms with E-state index in [9.17, 15) is 9.18 Å². The maximum absolute atomic E-state index is 13.4. The second kappa shape index (κ2) is 8.05. The Kier molecular flexibility index (Phi) is 5.55. The summed E-state index contributed by atoms with van der Waals surface area (Å²) < 4.78 is 14.5. The lowest BCUT2D eigenvalue weighted by Crippen LogP contribution is -2.39. The number of rotatable bonds is 4. The van der Waals surface area contributed by atoms with Crippen molar-refractivity contribution in [2.45, 2.75) is 56.9 Å². The Morgan fingerprint density at radius 2 is 2.04 bits per heavy atom. The third kappa shape index (κ3) is 4.09. The van der Waals surface area contributed by atoms with E-state index in [0.717, 1.165) is 50.0 Å². The molecule has 0 aliphatic carbocycles. The summed E-state index contributed by atoms with van der Waals surface area (Å²) in [6, 6.07) is 5.53. The van der Waals surface area contributed by atoms with Crippen molar-refractivity contribution in [1.29, 1.82) is 0 Å². The van der Waals surface area contributed by atoms with E-state index in [1.165, 1.54) is 23.8 Å². The summed E-state index contributed by atoms with van der Waals surface area (Å²) in [6.45, 7) is 3.31. The maximum atomic E-state index is 13.4. The van der Waals surface area contributed by atoms with Gasteiger partial charge in [-0.3, -0.25) is 4.79 Å². The van der Waals surface area contributed by atoms with Crippen LogP contribution in [0, 0.1) is 5.82 Å². The number of fused-ring (bicyclic) bond motifs is 1. The molecule has 0 saturated carbocycles. The van der Waals surface area contributed by atoms with Crippen molar-refractivity contribution in [2.24, 2.45) is 0 Å². The third-order valence-corrected chi connectivity index (χ3v) is 6.92. The normalized spacial score (nSPS) is 23.1. The number of nitrogens with one attached hydrogen (secondary N) is 1. The number of carbonyl (C=O) groups excluding carboxylic acids is 1. The summed E-state index contributed by atoms with van der Waals surface area (Å²) in [6.07, 6.45) is 7.42. The Bertz CT molecular complexity index is 766. The highest BCUT2D eigenvalue weighted by Crippen LogP contribution is 2.37. The predicted octanol–water partition coefficient (Wildman–Crippen LogP) is 4.67. The molecule has 1 N–H and O–H groups in total. The largest absolute Gasteiger partial charge is 0.353 e. The number of halogens is 1. The average molecular weight is 375 g/mol. The summed E-state index contributed by atoms with van der Waals surface area (Å²) in [7, 11) is 0. The van der Waals surface area contributed by atoms with Crippen LogP contribution in [0.5, 0.6) is 0 Å².